The molecule has 1 aromatic heterocycles. The fourth-order valence-corrected chi connectivity index (χ4v) is 3.61. The lowest BCUT2D eigenvalue weighted by Gasteiger charge is -2.19. The Hall–Kier alpha value is -2.57. The van der Waals surface area contributed by atoms with Gasteiger partial charge in [0.15, 0.2) is 0 Å². The summed E-state index contributed by atoms with van der Waals surface area (Å²) in [7, 11) is 1.81. The molecule has 6 nitrogen and oxygen atoms in total. The summed E-state index contributed by atoms with van der Waals surface area (Å²) < 4.78 is 1.78. The molecular weight excluding hydrogens is 387 g/mol. The zero-order valence-electron chi connectivity index (χ0n) is 14.5. The summed E-state index contributed by atoms with van der Waals surface area (Å²) in [5.74, 6) is 0.0282. The lowest BCUT2D eigenvalue weighted by Crippen LogP contribution is -2.27. The molecule has 1 aliphatic rings. The molecule has 4 rings (SSSR count). The highest BCUT2D eigenvalue weighted by atomic mass is 35.5. The maximum Gasteiger partial charge on any atom is 0.260 e. The molecule has 27 heavy (non-hydrogen) atoms. The molecule has 0 spiro atoms. The Bertz CT molecular complexity index is 1080. The van der Waals surface area contributed by atoms with Crippen LogP contribution in [0.1, 0.15) is 23.2 Å². The number of nitrogens with zero attached hydrogens (tertiary/aromatic N) is 3. The number of carbonyl (C=O) groups is 2. The van der Waals surface area contributed by atoms with Crippen LogP contribution in [0.4, 0.5) is 11.6 Å². The van der Waals surface area contributed by atoms with Gasteiger partial charge in [-0.2, -0.15) is 0 Å². The smallest absolute Gasteiger partial charge is 0.260 e. The van der Waals surface area contributed by atoms with Gasteiger partial charge in [-0.1, -0.05) is 23.2 Å². The Labute approximate surface area is 165 Å². The third-order valence-electron chi connectivity index (χ3n) is 4.64. The minimum Gasteiger partial charge on any atom is -0.313 e. The highest BCUT2D eigenvalue weighted by molar-refractivity contribution is 6.31. The molecule has 1 N–H and O–H groups in total. The van der Waals surface area contributed by atoms with E-state index < -0.39 is 0 Å². The van der Waals surface area contributed by atoms with Crippen molar-refractivity contribution in [2.45, 2.75) is 12.8 Å². The predicted octanol–water partition coefficient (Wildman–Crippen LogP) is 4.26. The number of anilines is 2. The Morgan fingerprint density at radius 1 is 1.15 bits per heavy atom. The van der Waals surface area contributed by atoms with Crippen LogP contribution in [0.15, 0.2) is 36.4 Å². The Kier molecular flexibility index (Phi) is 4.53. The second kappa shape index (κ2) is 6.87. The lowest BCUT2D eigenvalue weighted by atomic mass is 10.1. The first kappa shape index (κ1) is 17.8. The molecule has 0 bridgehead atoms. The maximum atomic E-state index is 12.9. The van der Waals surface area contributed by atoms with Crippen molar-refractivity contribution >= 4 is 57.7 Å². The molecule has 3 aromatic rings. The highest BCUT2D eigenvalue weighted by Crippen LogP contribution is 2.30. The summed E-state index contributed by atoms with van der Waals surface area (Å²) in [5, 5.41) is 3.87. The average molecular weight is 403 g/mol. The monoisotopic (exact) mass is 402 g/mol. The molecule has 1 fully saturated rings. The van der Waals surface area contributed by atoms with Crippen molar-refractivity contribution < 1.29 is 9.59 Å². The van der Waals surface area contributed by atoms with E-state index >= 15 is 0 Å². The normalized spacial score (nSPS) is 14.2. The second-order valence-corrected chi connectivity index (χ2v) is 7.26. The van der Waals surface area contributed by atoms with Crippen LogP contribution < -0.4 is 10.2 Å². The first-order valence-corrected chi connectivity index (χ1v) is 9.23. The summed E-state index contributed by atoms with van der Waals surface area (Å²) in [5.41, 5.74) is 2.43. The molecule has 0 aliphatic carbocycles. The van der Waals surface area contributed by atoms with Crippen LogP contribution in [0.5, 0.6) is 0 Å². The van der Waals surface area contributed by atoms with Crippen LogP contribution in [0, 0.1) is 0 Å². The van der Waals surface area contributed by atoms with Gasteiger partial charge in [0.1, 0.15) is 0 Å². The predicted molar refractivity (Wildman–Crippen MR) is 107 cm³/mol. The van der Waals surface area contributed by atoms with E-state index in [2.05, 4.69) is 10.3 Å². The van der Waals surface area contributed by atoms with E-state index in [1.807, 2.05) is 13.1 Å². The zero-order chi connectivity index (χ0) is 19.1. The molecule has 2 aromatic carbocycles. The molecule has 0 atom stereocenters. The first-order chi connectivity index (χ1) is 12.9. The molecule has 0 saturated carbocycles. The van der Waals surface area contributed by atoms with Crippen LogP contribution in [-0.4, -0.2) is 27.9 Å². The Morgan fingerprint density at radius 2 is 1.89 bits per heavy atom. The SMILES string of the molecule is Cn1c(NC(=O)c2ccc(Cl)cc2N2CCCC2=O)nc2cc(Cl)ccc21. The lowest BCUT2D eigenvalue weighted by molar-refractivity contribution is -0.117. The number of hydrogen-bond acceptors (Lipinski definition) is 3. The summed E-state index contributed by atoms with van der Waals surface area (Å²) >= 11 is 12.1. The van der Waals surface area contributed by atoms with Crippen LogP contribution in [-0.2, 0) is 11.8 Å². The molecular formula is C19H16Cl2N4O2. The van der Waals surface area contributed by atoms with Crippen LogP contribution in [0.2, 0.25) is 10.0 Å². The molecule has 1 aliphatic heterocycles. The van der Waals surface area contributed by atoms with Crippen molar-refractivity contribution in [2.24, 2.45) is 7.05 Å². The van der Waals surface area contributed by atoms with E-state index in [0.29, 0.717) is 45.7 Å². The van der Waals surface area contributed by atoms with Crippen molar-refractivity contribution in [3.63, 3.8) is 0 Å². The van der Waals surface area contributed by atoms with Crippen molar-refractivity contribution in [1.82, 2.24) is 9.55 Å². The Balaban J connectivity index is 1.70. The van der Waals surface area contributed by atoms with E-state index in [-0.39, 0.29) is 11.8 Å². The fraction of sp³-hybridized carbons (Fsp3) is 0.211. The van der Waals surface area contributed by atoms with E-state index in [4.69, 9.17) is 23.2 Å². The average Bonchev–Trinajstić information content (AvgIpc) is 3.18. The molecule has 1 saturated heterocycles. The summed E-state index contributed by atoms with van der Waals surface area (Å²) in [6.07, 6.45) is 1.23. The third kappa shape index (κ3) is 3.26. The number of aryl methyl sites for hydroxylation is 1. The van der Waals surface area contributed by atoms with Gasteiger partial charge in [0.2, 0.25) is 11.9 Å². The van der Waals surface area contributed by atoms with E-state index in [1.165, 1.54) is 0 Å². The van der Waals surface area contributed by atoms with Gasteiger partial charge in [0.05, 0.1) is 22.3 Å². The van der Waals surface area contributed by atoms with Crippen LogP contribution in [0.3, 0.4) is 0 Å². The van der Waals surface area contributed by atoms with Gasteiger partial charge in [-0.25, -0.2) is 4.98 Å². The quantitative estimate of drug-likeness (QED) is 0.711. The van der Waals surface area contributed by atoms with Gasteiger partial charge < -0.3 is 9.47 Å². The number of halogens is 2. The van der Waals surface area contributed by atoms with Gasteiger partial charge in [-0.15, -0.1) is 0 Å². The number of aromatic nitrogens is 2. The van der Waals surface area contributed by atoms with E-state index in [1.54, 1.807) is 39.8 Å². The molecule has 8 heteroatoms. The van der Waals surface area contributed by atoms with Crippen LogP contribution in [0.25, 0.3) is 11.0 Å². The van der Waals surface area contributed by atoms with E-state index in [9.17, 15) is 9.59 Å². The van der Waals surface area contributed by atoms with Crippen LogP contribution >= 0.6 is 23.2 Å². The highest BCUT2D eigenvalue weighted by Gasteiger charge is 2.26. The fourth-order valence-electron chi connectivity index (χ4n) is 3.28. The number of nitrogens with one attached hydrogen (secondary N) is 1. The number of amides is 2. The number of fused-ring (bicyclic) bond motifs is 1. The summed E-state index contributed by atoms with van der Waals surface area (Å²) in [6, 6.07) is 10.3. The molecule has 0 unspecified atom stereocenters. The van der Waals surface area contributed by atoms with Crippen molar-refractivity contribution in [3.05, 3.63) is 52.0 Å². The molecule has 2 heterocycles. The van der Waals surface area contributed by atoms with Gasteiger partial charge in [-0.3, -0.25) is 14.9 Å². The number of carbonyl (C=O) groups excluding carboxylic acids is 2. The maximum absolute atomic E-state index is 12.9. The minimum atomic E-state index is -0.356. The zero-order valence-corrected chi connectivity index (χ0v) is 16.0. The topological polar surface area (TPSA) is 67.2 Å². The van der Waals surface area contributed by atoms with Gasteiger partial charge >= 0.3 is 0 Å². The van der Waals surface area contributed by atoms with Gasteiger partial charge in [-0.05, 0) is 42.8 Å². The number of imidazole rings is 1. The molecule has 2 amide bonds. The van der Waals surface area contributed by atoms with Crippen molar-refractivity contribution in [2.75, 3.05) is 16.8 Å². The molecule has 0 radical (unpaired) electrons. The minimum absolute atomic E-state index is 0.0105. The van der Waals surface area contributed by atoms with Gasteiger partial charge in [0.25, 0.3) is 5.91 Å². The van der Waals surface area contributed by atoms with E-state index in [0.717, 1.165) is 11.9 Å². The number of benzene rings is 2. The second-order valence-electron chi connectivity index (χ2n) is 6.39. The van der Waals surface area contributed by atoms with Crippen molar-refractivity contribution in [1.29, 1.82) is 0 Å². The first-order valence-electron chi connectivity index (χ1n) is 8.47. The number of hydrogen-bond donors (Lipinski definition) is 1. The third-order valence-corrected chi connectivity index (χ3v) is 5.11. The Morgan fingerprint density at radius 3 is 2.63 bits per heavy atom. The summed E-state index contributed by atoms with van der Waals surface area (Å²) in [4.78, 5) is 31.1. The number of rotatable bonds is 3. The largest absolute Gasteiger partial charge is 0.313 e. The van der Waals surface area contributed by atoms with Crippen molar-refractivity contribution in [3.8, 4) is 0 Å². The summed E-state index contributed by atoms with van der Waals surface area (Å²) in [6.45, 7) is 0.574. The molecule has 138 valence electrons. The van der Waals surface area contributed by atoms with Gasteiger partial charge in [0, 0.05) is 30.1 Å². The standard InChI is InChI=1S/C19H16Cl2N4O2/c1-24-15-7-5-11(20)9-14(15)22-19(24)23-18(27)13-6-4-12(21)10-16(13)25-8-2-3-17(25)26/h4-7,9-10H,2-3,8H2,1H3,(H,22,23,27).